The summed E-state index contributed by atoms with van der Waals surface area (Å²) in [6.45, 7) is 2.02. The van der Waals surface area contributed by atoms with Gasteiger partial charge in [-0.1, -0.05) is 0 Å². The predicted molar refractivity (Wildman–Crippen MR) is 45.2 cm³/mol. The smallest absolute Gasteiger partial charge is 0.108 e. The summed E-state index contributed by atoms with van der Waals surface area (Å²) in [5.74, 6) is 1.11. The molecule has 3 nitrogen and oxygen atoms in total. The number of hydrogen-bond donors (Lipinski definition) is 1. The molecule has 0 spiro atoms. The van der Waals surface area contributed by atoms with Crippen molar-refractivity contribution in [2.75, 3.05) is 0 Å². The minimum absolute atomic E-state index is 0.270. The van der Waals surface area contributed by atoms with Crippen molar-refractivity contribution < 1.29 is 0 Å². The highest BCUT2D eigenvalue weighted by Gasteiger charge is 2.00. The second-order valence-corrected chi connectivity index (χ2v) is 2.97. The van der Waals surface area contributed by atoms with Gasteiger partial charge in [-0.25, -0.2) is 4.98 Å². The van der Waals surface area contributed by atoms with Gasteiger partial charge in [-0.15, -0.1) is 0 Å². The number of hydrogen-bond acceptors (Lipinski definition) is 2. The van der Waals surface area contributed by atoms with Crippen LogP contribution in [0.1, 0.15) is 19.2 Å². The molecule has 1 heterocycles. The molecule has 0 aliphatic rings. The Morgan fingerprint density at radius 3 is 2.91 bits per heavy atom. The molecule has 0 aromatic carbocycles. The molecule has 0 bridgehead atoms. The zero-order chi connectivity index (χ0) is 8.27. The fraction of sp³-hybridized carbons (Fsp3) is 0.625. The summed E-state index contributed by atoms with van der Waals surface area (Å²) >= 11 is 0. The molecular weight excluding hydrogens is 138 g/mol. The SMILES string of the molecule is CC(N)CCc1nccn1C. The highest BCUT2D eigenvalue weighted by Crippen LogP contribution is 1.99. The van der Waals surface area contributed by atoms with E-state index in [4.69, 9.17) is 5.73 Å². The number of nitrogens with zero attached hydrogens (tertiary/aromatic N) is 2. The van der Waals surface area contributed by atoms with Crippen LogP contribution < -0.4 is 5.73 Å². The normalized spacial score (nSPS) is 13.4. The van der Waals surface area contributed by atoms with E-state index >= 15 is 0 Å². The molecule has 62 valence electrons. The van der Waals surface area contributed by atoms with Crippen LogP contribution in [0.4, 0.5) is 0 Å². The Morgan fingerprint density at radius 1 is 1.73 bits per heavy atom. The number of aryl methyl sites for hydroxylation is 2. The van der Waals surface area contributed by atoms with Crippen LogP contribution >= 0.6 is 0 Å². The van der Waals surface area contributed by atoms with Crippen molar-refractivity contribution >= 4 is 0 Å². The largest absolute Gasteiger partial charge is 0.338 e. The van der Waals surface area contributed by atoms with Crippen molar-refractivity contribution in [1.82, 2.24) is 9.55 Å². The molecule has 1 atom stereocenters. The number of nitrogens with two attached hydrogens (primary N) is 1. The topological polar surface area (TPSA) is 43.8 Å². The highest BCUT2D eigenvalue weighted by atomic mass is 15.0. The Hall–Kier alpha value is -0.830. The third-order valence-electron chi connectivity index (χ3n) is 1.74. The van der Waals surface area contributed by atoms with Crippen molar-refractivity contribution in [2.45, 2.75) is 25.8 Å². The molecule has 2 N–H and O–H groups in total. The zero-order valence-corrected chi connectivity index (χ0v) is 7.12. The van der Waals surface area contributed by atoms with E-state index in [0.717, 1.165) is 18.7 Å². The van der Waals surface area contributed by atoms with E-state index in [1.165, 1.54) is 0 Å². The molecule has 0 aliphatic carbocycles. The second-order valence-electron chi connectivity index (χ2n) is 2.97. The van der Waals surface area contributed by atoms with Crippen molar-refractivity contribution in [2.24, 2.45) is 12.8 Å². The van der Waals surface area contributed by atoms with E-state index in [1.54, 1.807) is 0 Å². The molecule has 11 heavy (non-hydrogen) atoms. The minimum atomic E-state index is 0.270. The van der Waals surface area contributed by atoms with Crippen LogP contribution in [0.5, 0.6) is 0 Å². The molecule has 0 radical (unpaired) electrons. The zero-order valence-electron chi connectivity index (χ0n) is 7.12. The van der Waals surface area contributed by atoms with Gasteiger partial charge in [-0.2, -0.15) is 0 Å². The highest BCUT2D eigenvalue weighted by molar-refractivity contribution is 4.91. The van der Waals surface area contributed by atoms with E-state index < -0.39 is 0 Å². The monoisotopic (exact) mass is 153 g/mol. The van der Waals surface area contributed by atoms with Gasteiger partial charge < -0.3 is 10.3 Å². The Kier molecular flexibility index (Phi) is 2.65. The van der Waals surface area contributed by atoms with Crippen LogP contribution in [0.2, 0.25) is 0 Å². The van der Waals surface area contributed by atoms with Gasteiger partial charge in [0.2, 0.25) is 0 Å². The first kappa shape index (κ1) is 8.27. The van der Waals surface area contributed by atoms with E-state index in [2.05, 4.69) is 4.98 Å². The van der Waals surface area contributed by atoms with Crippen LogP contribution in [0.15, 0.2) is 12.4 Å². The predicted octanol–water partition coefficient (Wildman–Crippen LogP) is 0.700. The Balaban J connectivity index is 2.44. The third-order valence-corrected chi connectivity index (χ3v) is 1.74. The maximum Gasteiger partial charge on any atom is 0.108 e. The molecule has 0 saturated heterocycles. The summed E-state index contributed by atoms with van der Waals surface area (Å²) in [6, 6.07) is 0.270. The average molecular weight is 153 g/mol. The first-order chi connectivity index (χ1) is 5.20. The fourth-order valence-corrected chi connectivity index (χ4v) is 0.994. The molecule has 1 aromatic rings. The van der Waals surface area contributed by atoms with E-state index in [0.29, 0.717) is 0 Å². The average Bonchev–Trinajstić information content (AvgIpc) is 2.31. The van der Waals surface area contributed by atoms with Gasteiger partial charge in [0.1, 0.15) is 5.82 Å². The standard InChI is InChI=1S/C8H15N3/c1-7(9)3-4-8-10-5-6-11(8)2/h5-7H,3-4,9H2,1-2H3. The van der Waals surface area contributed by atoms with Crippen molar-refractivity contribution in [1.29, 1.82) is 0 Å². The van der Waals surface area contributed by atoms with Crippen molar-refractivity contribution in [3.05, 3.63) is 18.2 Å². The van der Waals surface area contributed by atoms with Crippen LogP contribution in [0.3, 0.4) is 0 Å². The summed E-state index contributed by atoms with van der Waals surface area (Å²) in [5.41, 5.74) is 5.62. The van der Waals surface area contributed by atoms with Crippen LogP contribution in [0.25, 0.3) is 0 Å². The summed E-state index contributed by atoms with van der Waals surface area (Å²) in [6.07, 6.45) is 5.75. The summed E-state index contributed by atoms with van der Waals surface area (Å²) in [5, 5.41) is 0. The molecule has 0 saturated carbocycles. The Bertz CT molecular complexity index is 215. The van der Waals surface area contributed by atoms with Gasteiger partial charge >= 0.3 is 0 Å². The molecule has 0 amide bonds. The van der Waals surface area contributed by atoms with Crippen LogP contribution in [-0.4, -0.2) is 15.6 Å². The van der Waals surface area contributed by atoms with Crippen molar-refractivity contribution in [3.63, 3.8) is 0 Å². The lowest BCUT2D eigenvalue weighted by Gasteiger charge is -2.03. The minimum Gasteiger partial charge on any atom is -0.338 e. The lowest BCUT2D eigenvalue weighted by molar-refractivity contribution is 0.633. The maximum absolute atomic E-state index is 5.62. The Labute approximate surface area is 67.2 Å². The molecule has 1 unspecified atom stereocenters. The lowest BCUT2D eigenvalue weighted by atomic mass is 10.2. The van der Waals surface area contributed by atoms with Gasteiger partial charge in [-0.05, 0) is 13.3 Å². The number of imidazole rings is 1. The van der Waals surface area contributed by atoms with Gasteiger partial charge in [0.15, 0.2) is 0 Å². The Morgan fingerprint density at radius 2 is 2.45 bits per heavy atom. The van der Waals surface area contributed by atoms with Crippen molar-refractivity contribution in [3.8, 4) is 0 Å². The number of rotatable bonds is 3. The van der Waals surface area contributed by atoms with Gasteiger partial charge in [-0.3, -0.25) is 0 Å². The van der Waals surface area contributed by atoms with E-state index in [1.807, 2.05) is 30.9 Å². The fourth-order valence-electron chi connectivity index (χ4n) is 0.994. The first-order valence-corrected chi connectivity index (χ1v) is 3.92. The quantitative estimate of drug-likeness (QED) is 0.694. The third kappa shape index (κ3) is 2.35. The molecule has 0 aliphatic heterocycles. The van der Waals surface area contributed by atoms with Crippen LogP contribution in [-0.2, 0) is 13.5 Å². The molecule has 0 fully saturated rings. The summed E-state index contributed by atoms with van der Waals surface area (Å²) in [7, 11) is 2.00. The number of aromatic nitrogens is 2. The van der Waals surface area contributed by atoms with Gasteiger partial charge in [0.25, 0.3) is 0 Å². The maximum atomic E-state index is 5.62. The van der Waals surface area contributed by atoms with Gasteiger partial charge in [0.05, 0.1) is 0 Å². The molecular formula is C8H15N3. The van der Waals surface area contributed by atoms with E-state index in [-0.39, 0.29) is 6.04 Å². The molecule has 1 rings (SSSR count). The van der Waals surface area contributed by atoms with E-state index in [9.17, 15) is 0 Å². The second kappa shape index (κ2) is 3.53. The molecule has 3 heteroatoms. The first-order valence-electron chi connectivity index (χ1n) is 3.92. The summed E-state index contributed by atoms with van der Waals surface area (Å²) in [4.78, 5) is 4.20. The van der Waals surface area contributed by atoms with Gasteiger partial charge in [0, 0.05) is 31.9 Å². The van der Waals surface area contributed by atoms with Crippen LogP contribution in [0, 0.1) is 0 Å². The summed E-state index contributed by atoms with van der Waals surface area (Å²) < 4.78 is 2.03. The lowest BCUT2D eigenvalue weighted by Crippen LogP contribution is -2.16. The molecule has 1 aromatic heterocycles.